The Morgan fingerprint density at radius 1 is 0.867 bits per heavy atom. The van der Waals surface area contributed by atoms with Gasteiger partial charge in [-0.05, 0) is 36.2 Å². The standard InChI is InChI=1S/C23H25N5O2/c1-18-2-4-19(5-3-18)17-28-22(29)7-6-21(25-28)23(30)27-14-12-26(13-15-27)16-20-8-10-24-11-9-20/h2-11H,12-17H2,1H3. The van der Waals surface area contributed by atoms with Crippen LogP contribution >= 0.6 is 0 Å². The van der Waals surface area contributed by atoms with Crippen molar-refractivity contribution in [1.82, 2.24) is 24.6 Å². The average molecular weight is 403 g/mol. The molecule has 1 aliphatic rings. The molecule has 3 heterocycles. The first-order valence-electron chi connectivity index (χ1n) is 10.1. The first kappa shape index (κ1) is 20.0. The summed E-state index contributed by atoms with van der Waals surface area (Å²) in [5.74, 6) is -0.129. The van der Waals surface area contributed by atoms with Gasteiger partial charge < -0.3 is 4.90 Å². The highest BCUT2D eigenvalue weighted by molar-refractivity contribution is 5.92. The maximum Gasteiger partial charge on any atom is 0.274 e. The Labute approximate surface area is 175 Å². The van der Waals surface area contributed by atoms with E-state index in [1.807, 2.05) is 48.2 Å². The van der Waals surface area contributed by atoms with Gasteiger partial charge in [-0.15, -0.1) is 0 Å². The van der Waals surface area contributed by atoms with E-state index in [0.717, 1.165) is 30.8 Å². The molecule has 0 spiro atoms. The van der Waals surface area contributed by atoms with E-state index in [4.69, 9.17) is 0 Å². The van der Waals surface area contributed by atoms with Crippen LogP contribution in [-0.2, 0) is 13.1 Å². The van der Waals surface area contributed by atoms with E-state index in [1.165, 1.54) is 22.4 Å². The summed E-state index contributed by atoms with van der Waals surface area (Å²) < 4.78 is 1.36. The van der Waals surface area contributed by atoms with E-state index in [1.54, 1.807) is 12.4 Å². The normalized spacial score (nSPS) is 14.6. The SMILES string of the molecule is Cc1ccc(Cn2nc(C(=O)N3CCN(Cc4ccncc4)CC3)ccc2=O)cc1. The van der Waals surface area contributed by atoms with E-state index >= 15 is 0 Å². The van der Waals surface area contributed by atoms with E-state index in [0.29, 0.717) is 25.3 Å². The van der Waals surface area contributed by atoms with E-state index < -0.39 is 0 Å². The Morgan fingerprint density at radius 2 is 1.53 bits per heavy atom. The van der Waals surface area contributed by atoms with Crippen LogP contribution < -0.4 is 5.56 Å². The number of pyridine rings is 1. The van der Waals surface area contributed by atoms with Crippen LogP contribution in [0.5, 0.6) is 0 Å². The highest BCUT2D eigenvalue weighted by Crippen LogP contribution is 2.10. The van der Waals surface area contributed by atoms with E-state index in [-0.39, 0.29) is 11.5 Å². The summed E-state index contributed by atoms with van der Waals surface area (Å²) in [5.41, 5.74) is 3.45. The molecule has 0 radical (unpaired) electrons. The summed E-state index contributed by atoms with van der Waals surface area (Å²) >= 11 is 0. The third-order valence-electron chi connectivity index (χ3n) is 5.35. The van der Waals surface area contributed by atoms with Gasteiger partial charge in [0.1, 0.15) is 5.69 Å². The zero-order valence-electron chi connectivity index (χ0n) is 17.1. The molecule has 0 unspecified atom stereocenters. The maximum atomic E-state index is 12.9. The van der Waals surface area contributed by atoms with Crippen LogP contribution in [-0.4, -0.2) is 56.7 Å². The van der Waals surface area contributed by atoms with Gasteiger partial charge >= 0.3 is 0 Å². The molecule has 0 aliphatic carbocycles. The van der Waals surface area contributed by atoms with E-state index in [9.17, 15) is 9.59 Å². The molecule has 4 rings (SSSR count). The Morgan fingerprint density at radius 3 is 2.23 bits per heavy atom. The predicted octanol–water partition coefficient (Wildman–Crippen LogP) is 1.95. The number of hydrogen-bond acceptors (Lipinski definition) is 5. The largest absolute Gasteiger partial charge is 0.335 e. The molecular formula is C23H25N5O2. The minimum absolute atomic E-state index is 0.129. The number of carbonyl (C=O) groups excluding carboxylic acids is 1. The first-order chi connectivity index (χ1) is 14.6. The van der Waals surface area contributed by atoms with Crippen molar-refractivity contribution in [1.29, 1.82) is 0 Å². The molecule has 1 saturated heterocycles. The van der Waals surface area contributed by atoms with Crippen LogP contribution in [0.15, 0.2) is 65.7 Å². The Balaban J connectivity index is 1.40. The molecule has 0 saturated carbocycles. The second kappa shape index (κ2) is 9.00. The average Bonchev–Trinajstić information content (AvgIpc) is 2.77. The number of nitrogens with zero attached hydrogens (tertiary/aromatic N) is 5. The topological polar surface area (TPSA) is 71.3 Å². The van der Waals surface area contributed by atoms with Crippen LogP contribution in [0.3, 0.4) is 0 Å². The molecular weight excluding hydrogens is 378 g/mol. The summed E-state index contributed by atoms with van der Waals surface area (Å²) in [6, 6.07) is 14.9. The number of rotatable bonds is 5. The lowest BCUT2D eigenvalue weighted by atomic mass is 10.1. The second-order valence-corrected chi connectivity index (χ2v) is 7.62. The van der Waals surface area contributed by atoms with Crippen molar-refractivity contribution in [2.24, 2.45) is 0 Å². The van der Waals surface area contributed by atoms with Gasteiger partial charge in [0.25, 0.3) is 11.5 Å². The summed E-state index contributed by atoms with van der Waals surface area (Å²) in [7, 11) is 0. The monoisotopic (exact) mass is 403 g/mol. The van der Waals surface area contributed by atoms with Gasteiger partial charge in [-0.1, -0.05) is 29.8 Å². The fourth-order valence-electron chi connectivity index (χ4n) is 3.56. The van der Waals surface area contributed by atoms with Gasteiger partial charge in [-0.3, -0.25) is 19.5 Å². The third kappa shape index (κ3) is 4.80. The number of amides is 1. The van der Waals surface area contributed by atoms with Crippen molar-refractivity contribution in [3.05, 3.63) is 93.7 Å². The third-order valence-corrected chi connectivity index (χ3v) is 5.35. The highest BCUT2D eigenvalue weighted by Gasteiger charge is 2.23. The van der Waals surface area contributed by atoms with Crippen LogP contribution in [0.1, 0.15) is 27.2 Å². The zero-order valence-corrected chi connectivity index (χ0v) is 17.1. The van der Waals surface area contributed by atoms with Gasteiger partial charge in [0.2, 0.25) is 0 Å². The maximum absolute atomic E-state index is 12.9. The summed E-state index contributed by atoms with van der Waals surface area (Å²) in [6.07, 6.45) is 3.60. The number of hydrogen-bond donors (Lipinski definition) is 0. The van der Waals surface area contributed by atoms with Crippen LogP contribution in [0, 0.1) is 6.92 Å². The smallest absolute Gasteiger partial charge is 0.274 e. The number of benzene rings is 1. The molecule has 3 aromatic rings. The molecule has 30 heavy (non-hydrogen) atoms. The first-order valence-corrected chi connectivity index (χ1v) is 10.1. The zero-order chi connectivity index (χ0) is 20.9. The number of aryl methyl sites for hydroxylation is 1. The van der Waals surface area contributed by atoms with Gasteiger partial charge in [0.15, 0.2) is 0 Å². The van der Waals surface area contributed by atoms with Crippen LogP contribution in [0.4, 0.5) is 0 Å². The molecule has 7 nitrogen and oxygen atoms in total. The molecule has 1 amide bonds. The van der Waals surface area contributed by atoms with E-state index in [2.05, 4.69) is 15.0 Å². The van der Waals surface area contributed by atoms with Gasteiger partial charge in [-0.2, -0.15) is 5.10 Å². The van der Waals surface area contributed by atoms with Crippen molar-refractivity contribution < 1.29 is 4.79 Å². The number of aromatic nitrogens is 3. The molecule has 1 aromatic carbocycles. The Bertz CT molecular complexity index is 1050. The molecule has 0 N–H and O–H groups in total. The molecule has 0 atom stereocenters. The molecule has 1 fully saturated rings. The van der Waals surface area contributed by atoms with Crippen molar-refractivity contribution in [2.45, 2.75) is 20.0 Å². The van der Waals surface area contributed by atoms with Crippen molar-refractivity contribution in [3.63, 3.8) is 0 Å². The lowest BCUT2D eigenvalue weighted by Crippen LogP contribution is -2.48. The highest BCUT2D eigenvalue weighted by atomic mass is 16.2. The van der Waals surface area contributed by atoms with Crippen molar-refractivity contribution in [3.8, 4) is 0 Å². The number of carbonyl (C=O) groups is 1. The molecule has 0 bridgehead atoms. The molecule has 2 aromatic heterocycles. The summed E-state index contributed by atoms with van der Waals surface area (Å²) in [5, 5.41) is 4.34. The second-order valence-electron chi connectivity index (χ2n) is 7.62. The van der Waals surface area contributed by atoms with Gasteiger partial charge in [0.05, 0.1) is 6.54 Å². The fourth-order valence-corrected chi connectivity index (χ4v) is 3.56. The fraction of sp³-hybridized carbons (Fsp3) is 0.304. The molecule has 154 valence electrons. The lowest BCUT2D eigenvalue weighted by Gasteiger charge is -2.34. The number of piperazine rings is 1. The summed E-state index contributed by atoms with van der Waals surface area (Å²) in [4.78, 5) is 33.4. The van der Waals surface area contributed by atoms with Crippen LogP contribution in [0.25, 0.3) is 0 Å². The minimum Gasteiger partial charge on any atom is -0.335 e. The minimum atomic E-state index is -0.214. The summed E-state index contributed by atoms with van der Waals surface area (Å²) in [6.45, 7) is 6.11. The Kier molecular flexibility index (Phi) is 5.99. The van der Waals surface area contributed by atoms with Crippen molar-refractivity contribution >= 4 is 5.91 Å². The quantitative estimate of drug-likeness (QED) is 0.651. The Hall–Kier alpha value is -3.32. The predicted molar refractivity (Wildman–Crippen MR) is 114 cm³/mol. The van der Waals surface area contributed by atoms with Gasteiger partial charge in [0, 0.05) is 51.2 Å². The van der Waals surface area contributed by atoms with Crippen molar-refractivity contribution in [2.75, 3.05) is 26.2 Å². The molecule has 7 heteroatoms. The molecule has 1 aliphatic heterocycles. The lowest BCUT2D eigenvalue weighted by molar-refractivity contribution is 0.0620. The van der Waals surface area contributed by atoms with Gasteiger partial charge in [-0.25, -0.2) is 4.68 Å². The van der Waals surface area contributed by atoms with Crippen LogP contribution in [0.2, 0.25) is 0 Å².